The fourth-order valence-corrected chi connectivity index (χ4v) is 4.89. The summed E-state index contributed by atoms with van der Waals surface area (Å²) >= 11 is 0. The first-order chi connectivity index (χ1) is 15.5. The molecule has 1 aromatic heterocycles. The quantitative estimate of drug-likeness (QED) is 0.490. The summed E-state index contributed by atoms with van der Waals surface area (Å²) in [5.74, 6) is -1.13. The zero-order valence-electron chi connectivity index (χ0n) is 19.6. The fourth-order valence-electron chi connectivity index (χ4n) is 3.84. The number of aryl methyl sites for hydroxylation is 3. The van der Waals surface area contributed by atoms with E-state index in [9.17, 15) is 18.3 Å². The van der Waals surface area contributed by atoms with Crippen molar-refractivity contribution in [2.24, 2.45) is 0 Å². The molecule has 0 saturated heterocycles. The highest BCUT2D eigenvalue weighted by molar-refractivity contribution is 7.92. The number of hydrogen-bond donors (Lipinski definition) is 2. The van der Waals surface area contributed by atoms with Gasteiger partial charge in [-0.2, -0.15) is 5.10 Å². The molecule has 0 atom stereocenters. The van der Waals surface area contributed by atoms with Gasteiger partial charge in [0.1, 0.15) is 0 Å². The second-order valence-corrected chi connectivity index (χ2v) is 9.77. The monoisotopic (exact) mass is 470 g/mol. The Kier molecular flexibility index (Phi) is 7.12. The normalized spacial score (nSPS) is 11.4. The maximum atomic E-state index is 12.7. The van der Waals surface area contributed by atoms with Crippen molar-refractivity contribution in [1.29, 1.82) is 0 Å². The summed E-state index contributed by atoms with van der Waals surface area (Å²) in [6.07, 6.45) is 0.717. The van der Waals surface area contributed by atoms with Crippen LogP contribution in [-0.2, 0) is 23.0 Å². The molecule has 0 spiro atoms. The summed E-state index contributed by atoms with van der Waals surface area (Å²) in [6, 6.07) is 11.0. The van der Waals surface area contributed by atoms with E-state index in [0.717, 1.165) is 35.5 Å². The minimum atomic E-state index is -3.83. The molecule has 0 radical (unpaired) electrons. The third-order valence-electron chi connectivity index (χ3n) is 5.75. The first-order valence-corrected chi connectivity index (χ1v) is 12.2. The molecule has 176 valence electrons. The Bertz CT molecular complexity index is 1260. The van der Waals surface area contributed by atoms with E-state index >= 15 is 0 Å². The minimum Gasteiger partial charge on any atom is -0.478 e. The van der Waals surface area contributed by atoms with Crippen LogP contribution in [0.25, 0.3) is 0 Å². The average Bonchev–Trinajstić information content (AvgIpc) is 3.04. The lowest BCUT2D eigenvalue weighted by Crippen LogP contribution is -2.23. The second kappa shape index (κ2) is 9.66. The summed E-state index contributed by atoms with van der Waals surface area (Å²) in [5, 5.41) is 14.3. The third-order valence-corrected chi connectivity index (χ3v) is 7.15. The van der Waals surface area contributed by atoms with Crippen molar-refractivity contribution in [1.82, 2.24) is 9.78 Å². The molecule has 8 nitrogen and oxygen atoms in total. The molecule has 3 rings (SSSR count). The number of nitrogens with one attached hydrogen (secondary N) is 1. The molecule has 0 saturated carbocycles. The van der Waals surface area contributed by atoms with E-state index < -0.39 is 16.0 Å². The Morgan fingerprint density at radius 2 is 1.79 bits per heavy atom. The Morgan fingerprint density at radius 1 is 1.12 bits per heavy atom. The van der Waals surface area contributed by atoms with Gasteiger partial charge in [0.25, 0.3) is 10.0 Å². The Balaban J connectivity index is 1.81. The van der Waals surface area contributed by atoms with E-state index in [1.54, 1.807) is 24.3 Å². The molecule has 0 aliphatic heterocycles. The van der Waals surface area contributed by atoms with Crippen molar-refractivity contribution < 1.29 is 18.3 Å². The number of carboxylic acid groups (broad SMARTS) is 1. The molecule has 9 heteroatoms. The van der Waals surface area contributed by atoms with Crippen LogP contribution >= 0.6 is 0 Å². The Morgan fingerprint density at radius 3 is 2.36 bits per heavy atom. The van der Waals surface area contributed by atoms with Gasteiger partial charge in [-0.3, -0.25) is 9.40 Å². The first-order valence-electron chi connectivity index (χ1n) is 10.7. The number of hydrogen-bond acceptors (Lipinski definition) is 5. The number of likely N-dealkylation sites (N-methyl/N-ethyl adjacent to an activating group) is 1. The van der Waals surface area contributed by atoms with Gasteiger partial charge >= 0.3 is 5.97 Å². The number of aromatic carboxylic acids is 1. The van der Waals surface area contributed by atoms with Crippen LogP contribution in [0.4, 0.5) is 11.4 Å². The lowest BCUT2D eigenvalue weighted by Gasteiger charge is -2.22. The Hall–Kier alpha value is -3.33. The topological polar surface area (TPSA) is 105 Å². The van der Waals surface area contributed by atoms with Crippen molar-refractivity contribution in [3.8, 4) is 0 Å². The summed E-state index contributed by atoms with van der Waals surface area (Å²) in [6.45, 7) is 9.32. The summed E-state index contributed by atoms with van der Waals surface area (Å²) in [4.78, 5) is 13.9. The van der Waals surface area contributed by atoms with Gasteiger partial charge in [-0.15, -0.1) is 0 Å². The van der Waals surface area contributed by atoms with Gasteiger partial charge < -0.3 is 10.0 Å². The van der Waals surface area contributed by atoms with E-state index in [1.165, 1.54) is 18.2 Å². The van der Waals surface area contributed by atoms with Crippen molar-refractivity contribution in [3.63, 3.8) is 0 Å². The summed E-state index contributed by atoms with van der Waals surface area (Å²) in [7, 11) is -2.00. The molecule has 3 aromatic rings. The standard InChI is InChI=1S/C24H30N4O4S/c1-6-28-18(4)21(17(3)25-28)13-14-27(5)23-12-9-19(15-22(23)24(29)30)26-33(31,32)20-10-7-16(2)8-11-20/h7-12,15,26H,6,13-14H2,1-5H3,(H,29,30). The number of rotatable bonds is 9. The van der Waals surface area contributed by atoms with Gasteiger partial charge in [-0.05, 0) is 70.0 Å². The third kappa shape index (κ3) is 5.36. The molecule has 2 aromatic carbocycles. The highest BCUT2D eigenvalue weighted by atomic mass is 32.2. The lowest BCUT2D eigenvalue weighted by atomic mass is 10.1. The van der Waals surface area contributed by atoms with Crippen LogP contribution in [0.5, 0.6) is 0 Å². The van der Waals surface area contributed by atoms with Crippen LogP contribution in [-0.4, -0.2) is 42.9 Å². The molecule has 1 heterocycles. The number of benzene rings is 2. The zero-order valence-corrected chi connectivity index (χ0v) is 20.4. The highest BCUT2D eigenvalue weighted by Crippen LogP contribution is 2.26. The predicted octanol–water partition coefficient (Wildman–Crippen LogP) is 4.01. The van der Waals surface area contributed by atoms with Gasteiger partial charge in [0.05, 0.1) is 21.8 Å². The average molecular weight is 471 g/mol. The van der Waals surface area contributed by atoms with Crippen LogP contribution in [0.1, 0.15) is 39.8 Å². The van der Waals surface area contributed by atoms with Crippen molar-refractivity contribution >= 4 is 27.4 Å². The van der Waals surface area contributed by atoms with E-state index in [1.807, 2.05) is 44.3 Å². The molecular weight excluding hydrogens is 440 g/mol. The fraction of sp³-hybridized carbons (Fsp3) is 0.333. The number of carboxylic acids is 1. The highest BCUT2D eigenvalue weighted by Gasteiger charge is 2.19. The largest absolute Gasteiger partial charge is 0.478 e. The molecule has 0 amide bonds. The summed E-state index contributed by atoms with van der Waals surface area (Å²) in [5.41, 5.74) is 4.93. The van der Waals surface area contributed by atoms with Crippen molar-refractivity contribution in [3.05, 3.63) is 70.5 Å². The SMILES string of the molecule is CCn1nc(C)c(CCN(C)c2ccc(NS(=O)(=O)c3ccc(C)cc3)cc2C(=O)O)c1C. The van der Waals surface area contributed by atoms with Gasteiger partial charge in [0.2, 0.25) is 0 Å². The smallest absolute Gasteiger partial charge is 0.337 e. The first kappa shape index (κ1) is 24.3. The number of nitrogens with zero attached hydrogens (tertiary/aromatic N) is 3. The van der Waals surface area contributed by atoms with Gasteiger partial charge in [-0.1, -0.05) is 17.7 Å². The molecule has 0 unspecified atom stereocenters. The molecule has 0 bridgehead atoms. The molecule has 0 aliphatic carbocycles. The number of aromatic nitrogens is 2. The molecule has 2 N–H and O–H groups in total. The molecule has 0 fully saturated rings. The Labute approximate surface area is 194 Å². The van der Waals surface area contributed by atoms with E-state index in [-0.39, 0.29) is 16.1 Å². The lowest BCUT2D eigenvalue weighted by molar-refractivity contribution is 0.0697. The maximum Gasteiger partial charge on any atom is 0.337 e. The minimum absolute atomic E-state index is 0.0271. The van der Waals surface area contributed by atoms with Crippen LogP contribution in [0.2, 0.25) is 0 Å². The van der Waals surface area contributed by atoms with Crippen molar-refractivity contribution in [2.45, 2.75) is 45.6 Å². The van der Waals surface area contributed by atoms with E-state index in [2.05, 4.69) is 9.82 Å². The number of sulfonamides is 1. The van der Waals surface area contributed by atoms with Crippen LogP contribution in [0, 0.1) is 20.8 Å². The van der Waals surface area contributed by atoms with Gasteiger partial charge in [0, 0.05) is 31.5 Å². The number of carbonyl (C=O) groups is 1. The molecular formula is C24H30N4O4S. The molecule has 0 aliphatic rings. The molecule has 33 heavy (non-hydrogen) atoms. The number of anilines is 2. The van der Waals surface area contributed by atoms with Gasteiger partial charge in [-0.25, -0.2) is 13.2 Å². The summed E-state index contributed by atoms with van der Waals surface area (Å²) < 4.78 is 29.8. The van der Waals surface area contributed by atoms with Crippen molar-refractivity contribution in [2.75, 3.05) is 23.2 Å². The van der Waals surface area contributed by atoms with E-state index in [0.29, 0.717) is 12.2 Å². The maximum absolute atomic E-state index is 12.7. The predicted molar refractivity (Wildman–Crippen MR) is 130 cm³/mol. The van der Waals surface area contributed by atoms with Crippen LogP contribution < -0.4 is 9.62 Å². The van der Waals surface area contributed by atoms with E-state index in [4.69, 9.17) is 0 Å². The van der Waals surface area contributed by atoms with Gasteiger partial charge in [0.15, 0.2) is 0 Å². The second-order valence-electron chi connectivity index (χ2n) is 8.09. The van der Waals surface area contributed by atoms with Crippen LogP contribution in [0.3, 0.4) is 0 Å². The zero-order chi connectivity index (χ0) is 24.3. The van der Waals surface area contributed by atoms with Crippen LogP contribution in [0.15, 0.2) is 47.4 Å².